The van der Waals surface area contributed by atoms with Crippen molar-refractivity contribution in [1.29, 1.82) is 0 Å². The van der Waals surface area contributed by atoms with Gasteiger partial charge in [-0.2, -0.15) is 0 Å². The highest BCUT2D eigenvalue weighted by molar-refractivity contribution is 7.18. The van der Waals surface area contributed by atoms with Gasteiger partial charge in [0.1, 0.15) is 23.7 Å². The first-order valence-electron chi connectivity index (χ1n) is 8.30. The Bertz CT molecular complexity index is 993. The lowest BCUT2D eigenvalue weighted by atomic mass is 10.2. The van der Waals surface area contributed by atoms with Crippen molar-refractivity contribution in [3.05, 3.63) is 61.2 Å². The molecule has 0 saturated carbocycles. The molecule has 0 bridgehead atoms. The van der Waals surface area contributed by atoms with Crippen molar-refractivity contribution in [3.8, 4) is 0 Å². The molecule has 0 aliphatic heterocycles. The molecule has 25 heavy (non-hydrogen) atoms. The first kappa shape index (κ1) is 16.7. The number of aryl methyl sites for hydroxylation is 2. The maximum absolute atomic E-state index is 13.9. The molecule has 1 unspecified atom stereocenters. The maximum Gasteiger partial charge on any atom is 0.260 e. The third-order valence-electron chi connectivity index (χ3n) is 4.63. The number of aromatic amines is 1. The molecule has 1 atom stereocenters. The van der Waals surface area contributed by atoms with Crippen molar-refractivity contribution in [2.45, 2.75) is 32.4 Å². The maximum atomic E-state index is 13.9. The van der Waals surface area contributed by atoms with Crippen LogP contribution in [0.2, 0.25) is 5.02 Å². The fourth-order valence-corrected chi connectivity index (χ4v) is 4.99. The monoisotopic (exact) mass is 378 g/mol. The fraction of sp³-hybridized carbons (Fsp3) is 0.333. The van der Waals surface area contributed by atoms with Crippen LogP contribution in [0, 0.1) is 5.82 Å². The number of hydrogen-bond donors (Lipinski definition) is 2. The number of fused-ring (bicyclic) bond motifs is 3. The van der Waals surface area contributed by atoms with Gasteiger partial charge in [0.25, 0.3) is 5.56 Å². The van der Waals surface area contributed by atoms with Crippen LogP contribution in [0.1, 0.15) is 28.2 Å². The molecule has 0 fully saturated rings. The van der Waals surface area contributed by atoms with Crippen molar-refractivity contribution in [1.82, 2.24) is 9.97 Å². The van der Waals surface area contributed by atoms with Crippen LogP contribution in [0.5, 0.6) is 0 Å². The van der Waals surface area contributed by atoms with Crippen LogP contribution in [0.4, 0.5) is 4.39 Å². The summed E-state index contributed by atoms with van der Waals surface area (Å²) in [5.41, 5.74) is 1.61. The van der Waals surface area contributed by atoms with Gasteiger partial charge in [-0.15, -0.1) is 11.3 Å². The zero-order valence-corrected chi connectivity index (χ0v) is 15.4. The number of hydrogen-bond acceptors (Lipinski definition) is 3. The Labute approximate surface area is 153 Å². The number of nitrogens with one attached hydrogen (secondary N) is 2. The van der Waals surface area contributed by atoms with Gasteiger partial charge < -0.3 is 9.88 Å². The van der Waals surface area contributed by atoms with E-state index in [0.29, 0.717) is 29.5 Å². The standard InChI is InChI=1S/C18H17ClFN3OS/c1-23(8-11-12(19)5-3-6-13(11)20)9-15-21-17(24)16-10-4-2-7-14(10)25-18(16)22-15/h3,5-6H,2,4,7-9H2,1H3,(H,21,22,24)/p+1. The molecule has 4 rings (SSSR count). The van der Waals surface area contributed by atoms with E-state index in [4.69, 9.17) is 11.6 Å². The SMILES string of the molecule is C[NH+](Cc1nc2sc3c(c2c(=O)[nH]1)CCC3)Cc1c(F)cccc1Cl. The Morgan fingerprint density at radius 2 is 2.20 bits per heavy atom. The van der Waals surface area contributed by atoms with Crippen LogP contribution < -0.4 is 10.5 Å². The number of H-pyrrole nitrogens is 1. The van der Waals surface area contributed by atoms with Gasteiger partial charge in [0.2, 0.25) is 0 Å². The van der Waals surface area contributed by atoms with Crippen LogP contribution in [-0.2, 0) is 25.9 Å². The first-order valence-corrected chi connectivity index (χ1v) is 9.50. The number of aromatic nitrogens is 2. The third kappa shape index (κ3) is 3.10. The van der Waals surface area contributed by atoms with Crippen LogP contribution >= 0.6 is 22.9 Å². The largest absolute Gasteiger partial charge is 0.327 e. The summed E-state index contributed by atoms with van der Waals surface area (Å²) in [6, 6.07) is 4.69. The topological polar surface area (TPSA) is 50.2 Å². The molecule has 1 aliphatic rings. The van der Waals surface area contributed by atoms with Crippen LogP contribution in [0.25, 0.3) is 10.2 Å². The normalized spacial score (nSPS) is 14.8. The van der Waals surface area contributed by atoms with E-state index in [1.165, 1.54) is 16.5 Å². The summed E-state index contributed by atoms with van der Waals surface area (Å²) in [6.45, 7) is 0.923. The number of halogens is 2. The second kappa shape index (κ2) is 6.52. The Kier molecular flexibility index (Phi) is 4.35. The molecule has 3 aromatic rings. The van der Waals surface area contributed by atoms with E-state index in [1.54, 1.807) is 23.5 Å². The lowest BCUT2D eigenvalue weighted by Crippen LogP contribution is -3.06. The summed E-state index contributed by atoms with van der Waals surface area (Å²) < 4.78 is 13.9. The van der Waals surface area contributed by atoms with Gasteiger partial charge in [-0.3, -0.25) is 4.79 Å². The lowest BCUT2D eigenvalue weighted by Gasteiger charge is -2.14. The number of quaternary nitrogens is 1. The zero-order chi connectivity index (χ0) is 17.6. The van der Waals surface area contributed by atoms with E-state index in [2.05, 4.69) is 9.97 Å². The minimum absolute atomic E-state index is 0.0591. The predicted molar refractivity (Wildman–Crippen MR) is 98.0 cm³/mol. The Hall–Kier alpha value is -1.76. The lowest BCUT2D eigenvalue weighted by molar-refractivity contribution is -0.908. The summed E-state index contributed by atoms with van der Waals surface area (Å²) in [7, 11) is 1.93. The highest BCUT2D eigenvalue weighted by Gasteiger charge is 2.22. The minimum Gasteiger partial charge on any atom is -0.327 e. The summed E-state index contributed by atoms with van der Waals surface area (Å²) >= 11 is 7.73. The van der Waals surface area contributed by atoms with Gasteiger partial charge in [-0.1, -0.05) is 17.7 Å². The average Bonchev–Trinajstić information content (AvgIpc) is 3.11. The second-order valence-corrected chi connectivity index (χ2v) is 8.05. The van der Waals surface area contributed by atoms with E-state index in [1.807, 2.05) is 7.05 Å². The van der Waals surface area contributed by atoms with Crippen molar-refractivity contribution in [2.24, 2.45) is 0 Å². The van der Waals surface area contributed by atoms with E-state index >= 15 is 0 Å². The van der Waals surface area contributed by atoms with Crippen molar-refractivity contribution >= 4 is 33.2 Å². The summed E-state index contributed by atoms with van der Waals surface area (Å²) in [5, 5.41) is 1.18. The average molecular weight is 379 g/mol. The minimum atomic E-state index is -0.307. The second-order valence-electron chi connectivity index (χ2n) is 6.56. The van der Waals surface area contributed by atoms with Gasteiger partial charge in [0.05, 0.1) is 23.0 Å². The van der Waals surface area contributed by atoms with E-state index < -0.39 is 0 Å². The first-order chi connectivity index (χ1) is 12.0. The Morgan fingerprint density at radius 3 is 3.00 bits per heavy atom. The van der Waals surface area contributed by atoms with E-state index in [-0.39, 0.29) is 11.4 Å². The number of thiophene rings is 1. The summed E-state index contributed by atoms with van der Waals surface area (Å²) in [5.74, 6) is 0.320. The molecule has 2 heterocycles. The molecular weight excluding hydrogens is 361 g/mol. The van der Waals surface area contributed by atoms with Crippen molar-refractivity contribution in [3.63, 3.8) is 0 Å². The number of rotatable bonds is 4. The molecule has 1 aromatic carbocycles. The third-order valence-corrected chi connectivity index (χ3v) is 6.17. The smallest absolute Gasteiger partial charge is 0.260 e. The zero-order valence-electron chi connectivity index (χ0n) is 13.8. The Morgan fingerprint density at radius 1 is 1.36 bits per heavy atom. The van der Waals surface area contributed by atoms with Gasteiger partial charge in [0, 0.05) is 4.88 Å². The molecule has 0 spiro atoms. The number of nitrogens with zero attached hydrogens (tertiary/aromatic N) is 1. The molecule has 1 aliphatic carbocycles. The highest BCUT2D eigenvalue weighted by atomic mass is 35.5. The molecule has 130 valence electrons. The van der Waals surface area contributed by atoms with Crippen molar-refractivity contribution in [2.75, 3.05) is 7.05 Å². The number of benzene rings is 1. The van der Waals surface area contributed by atoms with E-state index in [9.17, 15) is 9.18 Å². The van der Waals surface area contributed by atoms with Gasteiger partial charge in [-0.05, 0) is 37.0 Å². The Balaban J connectivity index is 1.59. The fourth-order valence-electron chi connectivity index (χ4n) is 3.48. The molecular formula is C18H18ClFN3OS+. The van der Waals surface area contributed by atoms with Crippen LogP contribution in [0.15, 0.2) is 23.0 Å². The summed E-state index contributed by atoms with van der Waals surface area (Å²) in [6.07, 6.45) is 3.13. The van der Waals surface area contributed by atoms with Gasteiger partial charge in [-0.25, -0.2) is 9.37 Å². The van der Waals surface area contributed by atoms with Gasteiger partial charge >= 0.3 is 0 Å². The molecule has 7 heteroatoms. The van der Waals surface area contributed by atoms with Gasteiger partial charge in [0.15, 0.2) is 5.82 Å². The molecule has 4 nitrogen and oxygen atoms in total. The molecule has 2 N–H and O–H groups in total. The molecule has 0 amide bonds. The molecule has 0 radical (unpaired) electrons. The van der Waals surface area contributed by atoms with Crippen LogP contribution in [-0.4, -0.2) is 17.0 Å². The van der Waals surface area contributed by atoms with E-state index in [0.717, 1.165) is 34.4 Å². The highest BCUT2D eigenvalue weighted by Crippen LogP contribution is 2.34. The molecule has 2 aromatic heterocycles. The predicted octanol–water partition coefficient (Wildman–Crippen LogP) is 2.48. The quantitative estimate of drug-likeness (QED) is 0.732. The van der Waals surface area contributed by atoms with Crippen LogP contribution in [0.3, 0.4) is 0 Å². The molecule has 0 saturated heterocycles. The van der Waals surface area contributed by atoms with Crippen molar-refractivity contribution < 1.29 is 9.29 Å². The summed E-state index contributed by atoms with van der Waals surface area (Å²) in [4.78, 5) is 23.1.